The lowest BCUT2D eigenvalue weighted by atomic mass is 10.1. The molecule has 1 saturated heterocycles. The third-order valence-electron chi connectivity index (χ3n) is 4.01. The quantitative estimate of drug-likeness (QED) is 0.931. The number of hydrogen-bond donors (Lipinski definition) is 1. The molecule has 1 aromatic heterocycles. The van der Waals surface area contributed by atoms with E-state index in [0.29, 0.717) is 6.04 Å². The molecule has 20 heavy (non-hydrogen) atoms. The fourth-order valence-corrected chi connectivity index (χ4v) is 2.83. The van der Waals surface area contributed by atoms with Gasteiger partial charge in [-0.2, -0.15) is 0 Å². The molecule has 1 fully saturated rings. The molecule has 0 atom stereocenters. The molecular formula is C16H20N2O2. The van der Waals surface area contributed by atoms with Crippen molar-refractivity contribution in [2.75, 3.05) is 25.2 Å². The second-order valence-electron chi connectivity index (χ2n) is 5.27. The zero-order valence-electron chi connectivity index (χ0n) is 11.7. The number of aliphatic hydroxyl groups excluding tert-OH is 1. The summed E-state index contributed by atoms with van der Waals surface area (Å²) in [5.74, 6) is 0.957. The highest BCUT2D eigenvalue weighted by atomic mass is 16.5. The lowest BCUT2D eigenvalue weighted by Crippen LogP contribution is -2.37. The molecule has 0 bridgehead atoms. The molecule has 0 amide bonds. The Kier molecular flexibility index (Phi) is 3.85. The number of nitrogens with zero attached hydrogens (tertiary/aromatic N) is 2. The Hall–Kier alpha value is -1.65. The largest absolute Gasteiger partial charge is 0.390 e. The topological polar surface area (TPSA) is 45.6 Å². The number of aromatic nitrogens is 1. The average molecular weight is 272 g/mol. The van der Waals surface area contributed by atoms with E-state index in [9.17, 15) is 5.11 Å². The van der Waals surface area contributed by atoms with Crippen LogP contribution in [0.15, 0.2) is 30.3 Å². The van der Waals surface area contributed by atoms with Gasteiger partial charge in [0.15, 0.2) is 0 Å². The van der Waals surface area contributed by atoms with E-state index in [1.807, 2.05) is 18.2 Å². The van der Waals surface area contributed by atoms with Crippen molar-refractivity contribution in [3.8, 4) is 0 Å². The minimum absolute atomic E-state index is 0.0283. The lowest BCUT2D eigenvalue weighted by Gasteiger charge is -2.33. The monoisotopic (exact) mass is 272 g/mol. The summed E-state index contributed by atoms with van der Waals surface area (Å²) in [6, 6.07) is 10.6. The van der Waals surface area contributed by atoms with Gasteiger partial charge in [-0.1, -0.05) is 24.3 Å². The van der Waals surface area contributed by atoms with Crippen LogP contribution in [-0.2, 0) is 11.3 Å². The number of pyridine rings is 1. The lowest BCUT2D eigenvalue weighted by molar-refractivity contribution is 0.0854. The van der Waals surface area contributed by atoms with E-state index in [0.717, 1.165) is 48.3 Å². The van der Waals surface area contributed by atoms with E-state index in [4.69, 9.17) is 4.74 Å². The molecule has 0 saturated carbocycles. The predicted octanol–water partition coefficient (Wildman–Crippen LogP) is 2.34. The van der Waals surface area contributed by atoms with Gasteiger partial charge < -0.3 is 14.7 Å². The van der Waals surface area contributed by atoms with Crippen LogP contribution < -0.4 is 4.90 Å². The van der Waals surface area contributed by atoms with Gasteiger partial charge in [0, 0.05) is 31.7 Å². The molecule has 4 nitrogen and oxygen atoms in total. The number of fused-ring (bicyclic) bond motifs is 1. The zero-order valence-corrected chi connectivity index (χ0v) is 11.7. The van der Waals surface area contributed by atoms with Gasteiger partial charge in [0.05, 0.1) is 12.3 Å². The summed E-state index contributed by atoms with van der Waals surface area (Å²) in [6.45, 7) is 1.60. The van der Waals surface area contributed by atoms with E-state index >= 15 is 0 Å². The van der Waals surface area contributed by atoms with E-state index in [2.05, 4.69) is 29.1 Å². The van der Waals surface area contributed by atoms with Crippen LogP contribution in [0, 0.1) is 0 Å². The van der Waals surface area contributed by atoms with Crippen molar-refractivity contribution in [3.63, 3.8) is 0 Å². The summed E-state index contributed by atoms with van der Waals surface area (Å²) in [5.41, 5.74) is 0.720. The highest BCUT2D eigenvalue weighted by Crippen LogP contribution is 2.28. The van der Waals surface area contributed by atoms with Crippen molar-refractivity contribution in [2.24, 2.45) is 0 Å². The van der Waals surface area contributed by atoms with Crippen LogP contribution in [0.2, 0.25) is 0 Å². The molecule has 0 aliphatic carbocycles. The normalized spacial score (nSPS) is 16.5. The predicted molar refractivity (Wildman–Crippen MR) is 79.9 cm³/mol. The van der Waals surface area contributed by atoms with Gasteiger partial charge in [-0.15, -0.1) is 0 Å². The Labute approximate surface area is 119 Å². The van der Waals surface area contributed by atoms with Crippen LogP contribution in [-0.4, -0.2) is 36.4 Å². The van der Waals surface area contributed by atoms with Crippen LogP contribution >= 0.6 is 0 Å². The van der Waals surface area contributed by atoms with E-state index in [1.54, 1.807) is 0 Å². The summed E-state index contributed by atoms with van der Waals surface area (Å²) in [4.78, 5) is 6.87. The van der Waals surface area contributed by atoms with Crippen molar-refractivity contribution >= 4 is 16.6 Å². The maximum atomic E-state index is 9.41. The van der Waals surface area contributed by atoms with Crippen molar-refractivity contribution in [1.82, 2.24) is 4.98 Å². The second kappa shape index (κ2) is 5.77. The Balaban J connectivity index is 2.04. The number of anilines is 1. The van der Waals surface area contributed by atoms with Crippen LogP contribution in [0.5, 0.6) is 0 Å². The maximum Gasteiger partial charge on any atom is 0.136 e. The molecule has 1 aliphatic heterocycles. The zero-order chi connectivity index (χ0) is 13.9. The molecule has 0 unspecified atom stereocenters. The van der Waals surface area contributed by atoms with Gasteiger partial charge in [-0.05, 0) is 24.3 Å². The molecule has 2 heterocycles. The summed E-state index contributed by atoms with van der Waals surface area (Å²) in [7, 11) is 2.09. The highest BCUT2D eigenvalue weighted by molar-refractivity contribution is 5.92. The molecule has 1 aliphatic rings. The summed E-state index contributed by atoms with van der Waals surface area (Å²) in [6.07, 6.45) is 2.05. The number of aliphatic hydroxyl groups is 1. The SMILES string of the molecule is CN(c1nc(CO)cc2ccccc12)C1CCOCC1. The van der Waals surface area contributed by atoms with Gasteiger partial charge in [-0.3, -0.25) is 0 Å². The Bertz CT molecular complexity index is 594. The van der Waals surface area contributed by atoms with Crippen molar-refractivity contribution in [2.45, 2.75) is 25.5 Å². The average Bonchev–Trinajstić information content (AvgIpc) is 2.54. The third-order valence-corrected chi connectivity index (χ3v) is 4.01. The molecule has 2 aromatic rings. The first kappa shape index (κ1) is 13.3. The van der Waals surface area contributed by atoms with E-state index < -0.39 is 0 Å². The first-order valence-electron chi connectivity index (χ1n) is 7.09. The smallest absolute Gasteiger partial charge is 0.136 e. The van der Waals surface area contributed by atoms with Crippen LogP contribution in [0.3, 0.4) is 0 Å². The van der Waals surface area contributed by atoms with Gasteiger partial charge in [0.1, 0.15) is 5.82 Å². The van der Waals surface area contributed by atoms with Crippen molar-refractivity contribution in [3.05, 3.63) is 36.0 Å². The van der Waals surface area contributed by atoms with Gasteiger partial charge in [-0.25, -0.2) is 4.98 Å². The summed E-state index contributed by atoms with van der Waals surface area (Å²) < 4.78 is 5.43. The highest BCUT2D eigenvalue weighted by Gasteiger charge is 2.21. The molecule has 1 aromatic carbocycles. The van der Waals surface area contributed by atoms with Crippen LogP contribution in [0.4, 0.5) is 5.82 Å². The summed E-state index contributed by atoms with van der Waals surface area (Å²) in [5, 5.41) is 11.7. The number of hydrogen-bond acceptors (Lipinski definition) is 4. The summed E-state index contributed by atoms with van der Waals surface area (Å²) >= 11 is 0. The standard InChI is InChI=1S/C16H20N2O2/c1-18(14-6-8-20-9-7-14)16-15-5-3-2-4-12(15)10-13(11-19)17-16/h2-5,10,14,19H,6-9,11H2,1H3. The fraction of sp³-hybridized carbons (Fsp3) is 0.438. The Morgan fingerprint density at radius 3 is 2.80 bits per heavy atom. The molecular weight excluding hydrogens is 252 g/mol. The molecule has 3 rings (SSSR count). The van der Waals surface area contributed by atoms with Gasteiger partial charge >= 0.3 is 0 Å². The molecule has 0 spiro atoms. The Morgan fingerprint density at radius 1 is 1.30 bits per heavy atom. The third kappa shape index (κ3) is 2.49. The number of benzene rings is 1. The molecule has 4 heteroatoms. The molecule has 0 radical (unpaired) electrons. The first-order chi connectivity index (χ1) is 9.79. The first-order valence-corrected chi connectivity index (χ1v) is 7.09. The van der Waals surface area contributed by atoms with Crippen molar-refractivity contribution in [1.29, 1.82) is 0 Å². The number of ether oxygens (including phenoxy) is 1. The van der Waals surface area contributed by atoms with Crippen LogP contribution in [0.1, 0.15) is 18.5 Å². The minimum atomic E-state index is -0.0283. The second-order valence-corrected chi connectivity index (χ2v) is 5.27. The van der Waals surface area contributed by atoms with Gasteiger partial charge in [0.25, 0.3) is 0 Å². The minimum Gasteiger partial charge on any atom is -0.390 e. The fourth-order valence-electron chi connectivity index (χ4n) is 2.83. The van der Waals surface area contributed by atoms with Gasteiger partial charge in [0.2, 0.25) is 0 Å². The van der Waals surface area contributed by atoms with Crippen molar-refractivity contribution < 1.29 is 9.84 Å². The Morgan fingerprint density at radius 2 is 2.05 bits per heavy atom. The molecule has 106 valence electrons. The maximum absolute atomic E-state index is 9.41. The molecule has 1 N–H and O–H groups in total. The number of rotatable bonds is 3. The van der Waals surface area contributed by atoms with E-state index in [-0.39, 0.29) is 6.61 Å². The van der Waals surface area contributed by atoms with Crippen LogP contribution in [0.25, 0.3) is 10.8 Å². The van der Waals surface area contributed by atoms with E-state index in [1.165, 1.54) is 0 Å².